The van der Waals surface area contributed by atoms with Crippen LogP contribution in [-0.2, 0) is 0 Å². The lowest BCUT2D eigenvalue weighted by Gasteiger charge is -2.25. The van der Waals surface area contributed by atoms with Crippen molar-refractivity contribution >= 4 is 46.4 Å². The Bertz CT molecular complexity index is 7470. The lowest BCUT2D eigenvalue weighted by Crippen LogP contribution is -2.29. The Balaban J connectivity index is 0.658. The lowest BCUT2D eigenvalue weighted by atomic mass is 9.87. The van der Waals surface area contributed by atoms with E-state index in [1.807, 2.05) is 370 Å². The molecule has 0 saturated heterocycles. The van der Waals surface area contributed by atoms with Gasteiger partial charge >= 0.3 is 0 Å². The van der Waals surface area contributed by atoms with E-state index in [0.717, 1.165) is 167 Å². The molecule has 142 heavy (non-hydrogen) atoms. The van der Waals surface area contributed by atoms with Crippen molar-refractivity contribution in [3.05, 3.63) is 508 Å². The largest absolute Gasteiger partial charge is 0.311 e. The van der Waals surface area contributed by atoms with Crippen molar-refractivity contribution < 1.29 is 19.2 Å². The summed E-state index contributed by atoms with van der Waals surface area (Å²) in [6.07, 6.45) is 8.70. The van der Waals surface area contributed by atoms with Gasteiger partial charge in [0.25, 0.3) is 23.6 Å². The van der Waals surface area contributed by atoms with Gasteiger partial charge in [-0.05, 0) is 263 Å². The monoisotopic (exact) mass is 1830 g/mol. The zero-order chi connectivity index (χ0) is 96.5. The first-order valence-electron chi connectivity index (χ1n) is 47.0. The first kappa shape index (κ1) is 89.6. The van der Waals surface area contributed by atoms with E-state index in [0.29, 0.717) is 56.4 Å². The molecule has 4 amide bonds. The van der Waals surface area contributed by atoms with E-state index in [9.17, 15) is 0 Å². The molecule has 21 rings (SSSR count). The third-order valence-corrected chi connectivity index (χ3v) is 26.3. The molecule has 0 fully saturated rings. The van der Waals surface area contributed by atoms with E-state index < -0.39 is 0 Å². The van der Waals surface area contributed by atoms with E-state index in [4.69, 9.17) is 9.97 Å². The summed E-state index contributed by atoms with van der Waals surface area (Å²) in [5, 5.41) is 0. The Morgan fingerprint density at radius 3 is 0.620 bits per heavy atom. The van der Waals surface area contributed by atoms with E-state index in [2.05, 4.69) is 105 Å². The van der Waals surface area contributed by atoms with Gasteiger partial charge in [0.2, 0.25) is 0 Å². The van der Waals surface area contributed by atoms with Crippen LogP contribution in [0.3, 0.4) is 0 Å². The Kier molecular flexibility index (Phi) is 25.3. The van der Waals surface area contributed by atoms with Crippen LogP contribution in [-0.4, -0.2) is 81.7 Å². The first-order valence-corrected chi connectivity index (χ1v) is 47.0. The molecule has 0 bridgehead atoms. The number of benzene rings is 16. The second-order valence-electron chi connectivity index (χ2n) is 34.9. The fraction of sp³-hybridized carbons (Fsp3) is 0.0312. The number of carbonyl (C=O) groups excluding carboxylic acids is 4. The van der Waals surface area contributed by atoms with Crippen LogP contribution >= 0.6 is 0 Å². The zero-order valence-corrected chi connectivity index (χ0v) is 78.3. The number of hydrogen-bond acceptors (Lipinski definition) is 10. The maximum atomic E-state index is 15.8. The molecular formula is C128H92N10O4. The van der Waals surface area contributed by atoms with Gasteiger partial charge in [-0.2, -0.15) is 0 Å². The average Bonchev–Trinajstić information content (AvgIpc) is 0.760. The van der Waals surface area contributed by atoms with Crippen molar-refractivity contribution in [3.8, 4) is 179 Å². The van der Waals surface area contributed by atoms with Crippen molar-refractivity contribution in [2.75, 3.05) is 47.8 Å². The summed E-state index contributed by atoms with van der Waals surface area (Å²) in [4.78, 5) is 98.9. The predicted octanol–water partition coefficient (Wildman–Crippen LogP) is 29.8. The molecule has 0 N–H and O–H groups in total. The van der Waals surface area contributed by atoms with E-state index in [1.165, 1.54) is 0 Å². The van der Waals surface area contributed by atoms with E-state index in [1.54, 1.807) is 78.9 Å². The molecule has 16 aromatic carbocycles. The number of amides is 4. The van der Waals surface area contributed by atoms with Crippen LogP contribution in [0, 0.1) is 0 Å². The van der Waals surface area contributed by atoms with Crippen LogP contribution < -0.4 is 19.6 Å². The number of pyridine rings is 4. The van der Waals surface area contributed by atoms with Gasteiger partial charge in [0, 0.05) is 131 Å². The van der Waals surface area contributed by atoms with Crippen LogP contribution in [0.1, 0.15) is 41.4 Å². The van der Waals surface area contributed by atoms with Gasteiger partial charge in [0.05, 0.1) is 34.2 Å². The summed E-state index contributed by atoms with van der Waals surface area (Å²) >= 11 is 0. The Morgan fingerprint density at radius 2 is 0.366 bits per heavy atom. The Morgan fingerprint density at radius 1 is 0.155 bits per heavy atom. The van der Waals surface area contributed by atoms with Gasteiger partial charge in [0.1, 0.15) is 6.33 Å². The highest BCUT2D eigenvalue weighted by atomic mass is 16.2. The molecule has 14 nitrogen and oxygen atoms in total. The predicted molar refractivity (Wildman–Crippen MR) is 577 cm³/mol. The van der Waals surface area contributed by atoms with Gasteiger partial charge in [-0.15, -0.1) is 0 Å². The molecule has 678 valence electrons. The zero-order valence-electron chi connectivity index (χ0n) is 78.3. The van der Waals surface area contributed by atoms with Crippen molar-refractivity contribution in [2.45, 2.75) is 0 Å². The highest BCUT2D eigenvalue weighted by Crippen LogP contribution is 2.48. The van der Waals surface area contributed by atoms with Gasteiger partial charge in [-0.25, -0.2) is 9.97 Å². The third-order valence-electron chi connectivity index (χ3n) is 26.3. The summed E-state index contributed by atoms with van der Waals surface area (Å²) in [7, 11) is 7.18. The summed E-state index contributed by atoms with van der Waals surface area (Å²) in [5.74, 6) is -1.03. The fourth-order valence-corrected chi connectivity index (χ4v) is 18.8. The normalized spacial score (nSPS) is 11.1. The average molecular weight is 1830 g/mol. The Hall–Kier alpha value is -18.9. The molecule has 0 unspecified atom stereocenters. The molecule has 14 heteroatoms. The molecule has 0 atom stereocenters. The third kappa shape index (κ3) is 18.5. The number of carbonyl (C=O) groups is 4. The van der Waals surface area contributed by atoms with Crippen LogP contribution in [0.4, 0.5) is 22.7 Å². The van der Waals surface area contributed by atoms with Crippen molar-refractivity contribution in [3.63, 3.8) is 0 Å². The molecule has 0 aliphatic carbocycles. The van der Waals surface area contributed by atoms with Crippen molar-refractivity contribution in [1.82, 2.24) is 29.9 Å². The van der Waals surface area contributed by atoms with E-state index >= 15 is 19.2 Å². The van der Waals surface area contributed by atoms with Gasteiger partial charge < -0.3 is 19.6 Å². The molecule has 0 saturated carbocycles. The minimum absolute atomic E-state index is 0.259. The van der Waals surface area contributed by atoms with Crippen LogP contribution in [0.25, 0.3) is 179 Å². The summed E-state index contributed by atoms with van der Waals surface area (Å²) in [6.45, 7) is 0. The summed E-state index contributed by atoms with van der Waals surface area (Å²) in [5.41, 5.74) is 30.9. The maximum Gasteiger partial charge on any atom is 0.258 e. The van der Waals surface area contributed by atoms with Gasteiger partial charge in [0.15, 0.2) is 0 Å². The molecule has 0 aliphatic heterocycles. The smallest absolute Gasteiger partial charge is 0.258 e. The highest BCUT2D eigenvalue weighted by molar-refractivity contribution is 6.16. The maximum absolute atomic E-state index is 15.8. The van der Waals surface area contributed by atoms with Crippen LogP contribution in [0.15, 0.2) is 486 Å². The van der Waals surface area contributed by atoms with Crippen molar-refractivity contribution in [1.29, 1.82) is 0 Å². The highest BCUT2D eigenvalue weighted by Gasteiger charge is 2.30. The second kappa shape index (κ2) is 40.2. The lowest BCUT2D eigenvalue weighted by molar-refractivity contribution is 0.0984. The molecule has 0 radical (unpaired) electrons. The Labute approximate surface area is 824 Å². The number of nitrogens with zero attached hydrogens (tertiary/aromatic N) is 10. The van der Waals surface area contributed by atoms with Crippen LogP contribution in [0.5, 0.6) is 0 Å². The minimum atomic E-state index is -0.259. The second-order valence-corrected chi connectivity index (χ2v) is 34.9. The number of rotatable bonds is 24. The standard InChI is InChI=1S/C128H92N10O4/c1-135(125(139)109-63-57-91(119-51-27-31-67-129-119)75-115(109)87-39-15-7-16-40-87)99-71-97(72-100(81-99)136(2)126(140)110-64-58-92(120-52-28-32-68-130-120)76-116(110)88-41-17-8-18-42-88)103-47-23-25-49-105(103)107-61-55-95(79-113(107)85-35-11-5-12-36-85)123-83-124(134-84-133-123)96-56-62-108(114(80-96)86-37-13-6-14-38-86)106-50-26-24-48-104(106)98-73-101(137(3)127(141)111-65-59-93(121-53-29-33-69-131-121)77-117(111)89-43-19-9-20-44-89)82-102(74-98)138(4)128(142)112-66-60-94(122-54-30-34-70-132-122)78-118(112)90-45-21-10-22-46-90/h5-84H,1-4H3. The molecule has 0 spiro atoms. The van der Waals surface area contributed by atoms with Gasteiger partial charge in [-0.3, -0.25) is 39.1 Å². The molecule has 0 aliphatic rings. The van der Waals surface area contributed by atoms with Gasteiger partial charge in [-0.1, -0.05) is 303 Å². The number of hydrogen-bond donors (Lipinski definition) is 0. The summed E-state index contributed by atoms with van der Waals surface area (Å²) in [6, 6.07) is 151. The molecular weight excluding hydrogens is 1740 g/mol. The SMILES string of the molecule is CN(C(=O)c1ccc(-c2ccccn2)cc1-c1ccccc1)c1cc(-c2ccccc2-c2ccc(-c3cc(-c4ccc(-c5ccccc5-c5cc(N(C)C(=O)c6ccc(-c7ccccn7)cc6-c6ccccc6)cc(N(C)C(=O)c6ccc(-c7ccccn7)cc6-c6ccccc6)c5)c(-c5ccccc5)c4)ncn3)cc2-c2ccccc2)cc(N(C)C(=O)c2ccc(-c3ccccn3)cc2-c2ccccc2)c1. The number of aromatic nitrogens is 6. The molecule has 21 aromatic rings. The number of anilines is 4. The van der Waals surface area contributed by atoms with E-state index in [-0.39, 0.29) is 23.6 Å². The fourth-order valence-electron chi connectivity index (χ4n) is 18.8. The quantitative estimate of drug-likeness (QED) is 0.0570. The summed E-state index contributed by atoms with van der Waals surface area (Å²) < 4.78 is 0. The topological polar surface area (TPSA) is 159 Å². The van der Waals surface area contributed by atoms with Crippen LogP contribution in [0.2, 0.25) is 0 Å². The first-order chi connectivity index (χ1) is 69.7. The van der Waals surface area contributed by atoms with Crippen molar-refractivity contribution in [2.24, 2.45) is 0 Å². The minimum Gasteiger partial charge on any atom is -0.311 e. The molecule has 5 aromatic heterocycles. The molecule has 5 heterocycles.